The number of unbranched alkanes of at least 4 members (excludes halogenated alkanes) is 20. The number of benzene rings is 4. The monoisotopic (exact) mass is 1160 g/mol. The predicted octanol–water partition coefficient (Wildman–Crippen LogP) is 16.9. The molecule has 0 amide bonds. The number of phenolic OH excluding ortho intramolecular Hbond substituents is 1. The molecule has 0 bridgehead atoms. The highest BCUT2D eigenvalue weighted by Crippen LogP contribution is 2.23. The third-order valence-corrected chi connectivity index (χ3v) is 13.6. The first-order chi connectivity index (χ1) is 39.9. The molecular weight excluding hydrogens is 1070 g/mol. The van der Waals surface area contributed by atoms with E-state index in [4.69, 9.17) is 24.4 Å². The molecule has 83 heavy (non-hydrogen) atoms. The molecule has 2 N–H and O–H groups in total. The standard InChI is InChI=1S/C31H42N2O8.C25H39NO6.C6H5NO3/c1-2-3-4-11-14-28(41-31(35)25-17-19-26(20-18-25)32(36)37)15-12-9-7-5-6-8-10-13-16-30(34)40-29-23-21-27(22-24-29)33(38)39;1-2-3-4-11-14-23(15-12-9-7-5-6-8-10-13-16-24(27)28)32-25(29)21-17-19-22(20-18-21)26(30)31;8-6-3-1-5(2-4-6)7(9)10/h17-24,28H,2-16H2,1H3;17-20,23H,2-16H2,1H3,(H,27,28);1-4,8H/t28-;23-;/m11./s1. The number of nitro groups is 4. The smallest absolute Gasteiger partial charge is 0.338 e. The van der Waals surface area contributed by atoms with Crippen molar-refractivity contribution in [1.82, 2.24) is 0 Å². The van der Waals surface area contributed by atoms with Crippen LogP contribution in [0.3, 0.4) is 0 Å². The van der Waals surface area contributed by atoms with E-state index in [0.717, 1.165) is 173 Å². The van der Waals surface area contributed by atoms with Gasteiger partial charge in [-0.3, -0.25) is 50.0 Å². The highest BCUT2D eigenvalue weighted by Gasteiger charge is 2.19. The van der Waals surface area contributed by atoms with Crippen LogP contribution < -0.4 is 4.74 Å². The van der Waals surface area contributed by atoms with Crippen LogP contribution in [0.2, 0.25) is 0 Å². The summed E-state index contributed by atoms with van der Waals surface area (Å²) in [7, 11) is 0. The van der Waals surface area contributed by atoms with E-state index in [1.54, 1.807) is 0 Å². The zero-order valence-corrected chi connectivity index (χ0v) is 48.4. The minimum atomic E-state index is -0.719. The maximum atomic E-state index is 12.6. The molecule has 21 heteroatoms. The third kappa shape index (κ3) is 34.3. The SMILES string of the molecule is CCCCCC[C@H](CCCCCCCCCCC(=O)O)OC(=O)c1ccc([N+](=O)[O-])cc1.CCCCCC[C@H](CCCCCCCCCCC(=O)Oc1ccc([N+](=O)[O-])cc1)OC(=O)c1ccc([N+](=O)[O-])cc1.O=[N+]([O-])c1ccc(O)cc1. The Hall–Kier alpha value is -7.84. The molecule has 0 spiro atoms. The summed E-state index contributed by atoms with van der Waals surface area (Å²) in [5.41, 5.74) is 0.512. The fourth-order valence-electron chi connectivity index (χ4n) is 8.80. The Morgan fingerprint density at radius 2 is 0.675 bits per heavy atom. The first-order valence-corrected chi connectivity index (χ1v) is 29.4. The molecule has 0 saturated carbocycles. The number of carboxylic acids is 1. The van der Waals surface area contributed by atoms with E-state index in [9.17, 15) is 59.6 Å². The van der Waals surface area contributed by atoms with E-state index in [2.05, 4.69) is 13.8 Å². The zero-order valence-electron chi connectivity index (χ0n) is 48.4. The van der Waals surface area contributed by atoms with Crippen molar-refractivity contribution in [3.63, 3.8) is 0 Å². The van der Waals surface area contributed by atoms with Gasteiger partial charge in [-0.15, -0.1) is 0 Å². The fraction of sp³-hybridized carbons (Fsp3) is 0.548. The lowest BCUT2D eigenvalue weighted by Gasteiger charge is -2.18. The van der Waals surface area contributed by atoms with Crippen molar-refractivity contribution in [2.45, 2.75) is 219 Å². The van der Waals surface area contributed by atoms with E-state index in [1.807, 2.05) is 0 Å². The lowest BCUT2D eigenvalue weighted by molar-refractivity contribution is -0.385. The minimum Gasteiger partial charge on any atom is -0.508 e. The lowest BCUT2D eigenvalue weighted by Crippen LogP contribution is -2.18. The Labute approximate surface area is 487 Å². The Morgan fingerprint density at radius 3 is 0.988 bits per heavy atom. The first kappa shape index (κ1) is 71.3. The Balaban J connectivity index is 0.000000494. The van der Waals surface area contributed by atoms with Crippen LogP contribution in [0.4, 0.5) is 22.7 Å². The van der Waals surface area contributed by atoms with Crippen molar-refractivity contribution in [2.24, 2.45) is 0 Å². The molecule has 21 nitrogen and oxygen atoms in total. The summed E-state index contributed by atoms with van der Waals surface area (Å²) < 4.78 is 16.8. The molecule has 0 radical (unpaired) electrons. The molecule has 4 rings (SSSR count). The van der Waals surface area contributed by atoms with Crippen LogP contribution in [-0.4, -0.2) is 66.0 Å². The van der Waals surface area contributed by atoms with E-state index in [-0.39, 0.29) is 53.1 Å². The van der Waals surface area contributed by atoms with Crippen molar-refractivity contribution in [3.8, 4) is 11.5 Å². The van der Waals surface area contributed by atoms with Gasteiger partial charge in [-0.1, -0.05) is 129 Å². The minimum absolute atomic E-state index is 0.0159. The van der Waals surface area contributed by atoms with Gasteiger partial charge in [0.05, 0.1) is 30.8 Å². The largest absolute Gasteiger partial charge is 0.508 e. The van der Waals surface area contributed by atoms with Crippen LogP contribution in [0.15, 0.2) is 97.1 Å². The normalized spacial score (nSPS) is 11.3. The summed E-state index contributed by atoms with van der Waals surface area (Å²) >= 11 is 0. The van der Waals surface area contributed by atoms with Crippen molar-refractivity contribution >= 4 is 46.6 Å². The molecule has 0 aliphatic rings. The van der Waals surface area contributed by atoms with Crippen LogP contribution in [0.5, 0.6) is 11.5 Å². The van der Waals surface area contributed by atoms with Crippen LogP contribution >= 0.6 is 0 Å². The van der Waals surface area contributed by atoms with Gasteiger partial charge >= 0.3 is 23.9 Å². The van der Waals surface area contributed by atoms with E-state index < -0.39 is 37.6 Å². The fourth-order valence-corrected chi connectivity index (χ4v) is 8.80. The van der Waals surface area contributed by atoms with Crippen molar-refractivity contribution in [1.29, 1.82) is 0 Å². The molecule has 4 aromatic carbocycles. The Kier molecular flexibility index (Phi) is 37.6. The number of non-ortho nitro benzene ring substituents is 4. The maximum Gasteiger partial charge on any atom is 0.338 e. The number of nitrogens with zero attached hydrogens (tertiary/aromatic N) is 4. The summed E-state index contributed by atoms with van der Waals surface area (Å²) in [6.07, 6.45) is 28.9. The van der Waals surface area contributed by atoms with Crippen LogP contribution in [0.1, 0.15) is 227 Å². The topological polar surface area (TPSA) is 309 Å². The lowest BCUT2D eigenvalue weighted by atomic mass is 10.0. The van der Waals surface area contributed by atoms with Crippen LogP contribution in [0.25, 0.3) is 0 Å². The number of carbonyl (C=O) groups excluding carboxylic acids is 3. The van der Waals surface area contributed by atoms with Gasteiger partial charge in [0.15, 0.2) is 0 Å². The number of aromatic hydroxyl groups is 1. The van der Waals surface area contributed by atoms with Gasteiger partial charge in [-0.2, -0.15) is 0 Å². The van der Waals surface area contributed by atoms with Gasteiger partial charge in [0, 0.05) is 61.4 Å². The highest BCUT2D eigenvalue weighted by atomic mass is 16.6. The van der Waals surface area contributed by atoms with Gasteiger partial charge in [0.2, 0.25) is 0 Å². The second kappa shape index (κ2) is 43.8. The maximum absolute atomic E-state index is 12.6. The van der Waals surface area contributed by atoms with Crippen LogP contribution in [-0.2, 0) is 19.1 Å². The Morgan fingerprint density at radius 1 is 0.398 bits per heavy atom. The average Bonchev–Trinajstić information content (AvgIpc) is 3.46. The summed E-state index contributed by atoms with van der Waals surface area (Å²) in [5.74, 6) is -1.56. The van der Waals surface area contributed by atoms with E-state index >= 15 is 0 Å². The number of aliphatic carboxylic acids is 1. The molecule has 0 saturated heterocycles. The highest BCUT2D eigenvalue weighted by molar-refractivity contribution is 5.90. The van der Waals surface area contributed by atoms with Gasteiger partial charge in [0.25, 0.3) is 22.7 Å². The molecule has 4 aromatic rings. The van der Waals surface area contributed by atoms with Crippen LogP contribution in [0, 0.1) is 40.5 Å². The zero-order chi connectivity index (χ0) is 61.0. The predicted molar refractivity (Wildman–Crippen MR) is 316 cm³/mol. The second-order valence-electron chi connectivity index (χ2n) is 20.5. The first-order valence-electron chi connectivity index (χ1n) is 29.4. The molecule has 0 unspecified atom stereocenters. The average molecular weight is 1160 g/mol. The molecule has 0 fully saturated rings. The molecule has 0 aliphatic heterocycles. The quantitative estimate of drug-likeness (QED) is 0.0137. The number of nitro benzene ring substituents is 4. The number of hydrogen-bond donors (Lipinski definition) is 2. The van der Waals surface area contributed by atoms with Crippen molar-refractivity contribution in [2.75, 3.05) is 0 Å². The summed E-state index contributed by atoms with van der Waals surface area (Å²) in [5, 5.41) is 59.7. The molecule has 0 aromatic heterocycles. The number of carboxylic acid groups (broad SMARTS) is 1. The van der Waals surface area contributed by atoms with Gasteiger partial charge in [-0.25, -0.2) is 9.59 Å². The van der Waals surface area contributed by atoms with E-state index in [1.165, 1.54) is 103 Å². The van der Waals surface area contributed by atoms with E-state index in [0.29, 0.717) is 23.3 Å². The molecule has 0 heterocycles. The number of ether oxygens (including phenoxy) is 3. The molecule has 2 atom stereocenters. The van der Waals surface area contributed by atoms with Crippen molar-refractivity contribution < 1.29 is 63.3 Å². The number of phenols is 1. The molecule has 456 valence electrons. The molecular formula is C62H86N4O17. The van der Waals surface area contributed by atoms with Gasteiger partial charge in [-0.05, 0) is 113 Å². The van der Waals surface area contributed by atoms with Gasteiger partial charge in [0.1, 0.15) is 23.7 Å². The number of esters is 3. The summed E-state index contributed by atoms with van der Waals surface area (Å²) in [4.78, 5) is 87.9. The summed E-state index contributed by atoms with van der Waals surface area (Å²) in [6.45, 7) is 4.32. The van der Waals surface area contributed by atoms with Gasteiger partial charge < -0.3 is 24.4 Å². The third-order valence-electron chi connectivity index (χ3n) is 13.6. The van der Waals surface area contributed by atoms with Crippen molar-refractivity contribution in [3.05, 3.63) is 149 Å². The number of hydrogen-bond acceptors (Lipinski definition) is 16. The molecule has 0 aliphatic carbocycles. The number of rotatable bonds is 41. The Bertz CT molecular complexity index is 2510. The number of carbonyl (C=O) groups is 4. The summed E-state index contributed by atoms with van der Waals surface area (Å²) in [6, 6.07) is 21.6. The second-order valence-corrected chi connectivity index (χ2v) is 20.5.